The number of carbonyl (C=O) groups excluding carboxylic acids is 1. The van der Waals surface area contributed by atoms with Crippen LogP contribution in [0.3, 0.4) is 0 Å². The van der Waals surface area contributed by atoms with Crippen LogP contribution in [0.15, 0.2) is 57.8 Å². The lowest BCUT2D eigenvalue weighted by Crippen LogP contribution is -2.37. The van der Waals surface area contributed by atoms with Crippen molar-refractivity contribution in [1.82, 2.24) is 14.5 Å². The van der Waals surface area contributed by atoms with E-state index in [1.54, 1.807) is 23.9 Å². The molecule has 1 aromatic heterocycles. The smallest absolute Gasteiger partial charge is 0.243 e. The number of aromatic nitrogens is 2. The molecule has 0 unspecified atom stereocenters. The highest BCUT2D eigenvalue weighted by Crippen LogP contribution is 2.28. The van der Waals surface area contributed by atoms with Crippen LogP contribution in [0.1, 0.15) is 41.3 Å². The summed E-state index contributed by atoms with van der Waals surface area (Å²) in [6.45, 7) is 5.36. The summed E-state index contributed by atoms with van der Waals surface area (Å²) in [5, 5.41) is 11.9. The van der Waals surface area contributed by atoms with Gasteiger partial charge in [0.15, 0.2) is 10.1 Å². The number of piperidine rings is 1. The minimum Gasteiger partial charge on any atom is -0.353 e. The fourth-order valence-corrected chi connectivity index (χ4v) is 6.79. The Kier molecular flexibility index (Phi) is 8.02. The molecular formula is C24H28N4O3S3. The van der Waals surface area contributed by atoms with Crippen molar-refractivity contribution in [2.24, 2.45) is 5.92 Å². The van der Waals surface area contributed by atoms with Crippen LogP contribution in [0.2, 0.25) is 0 Å². The van der Waals surface area contributed by atoms with Crippen molar-refractivity contribution >= 4 is 44.0 Å². The van der Waals surface area contributed by atoms with Gasteiger partial charge < -0.3 is 5.32 Å². The van der Waals surface area contributed by atoms with Gasteiger partial charge in [0, 0.05) is 24.4 Å². The first-order valence-corrected chi connectivity index (χ1v) is 14.4. The average molecular weight is 517 g/mol. The van der Waals surface area contributed by atoms with Crippen LogP contribution in [0.4, 0.5) is 5.13 Å². The maximum Gasteiger partial charge on any atom is 0.243 e. The van der Waals surface area contributed by atoms with Crippen molar-refractivity contribution in [3.05, 3.63) is 65.2 Å². The van der Waals surface area contributed by atoms with Gasteiger partial charge >= 0.3 is 0 Å². The number of hydrogen-bond acceptors (Lipinski definition) is 8. The standard InChI is InChI=1S/C24H28N4O3S3/c1-17-3-5-19(6-4-17)16-32-24-27-26-23(33-24)25-15-22(29)20-7-9-21(10-8-20)34(30,31)28-13-11-18(2)12-14-28/h3-10,18H,11-16H2,1-2H3,(H,25,26). The number of rotatable bonds is 9. The largest absolute Gasteiger partial charge is 0.353 e. The van der Waals surface area contributed by atoms with Gasteiger partial charge in [0.25, 0.3) is 0 Å². The first-order chi connectivity index (χ1) is 16.3. The third kappa shape index (κ3) is 6.24. The van der Waals surface area contributed by atoms with Crippen LogP contribution in [-0.4, -0.2) is 48.3 Å². The van der Waals surface area contributed by atoms with Crippen molar-refractivity contribution in [1.29, 1.82) is 0 Å². The monoisotopic (exact) mass is 516 g/mol. The Morgan fingerprint density at radius 1 is 1.09 bits per heavy atom. The quantitative estimate of drug-likeness (QED) is 0.321. The van der Waals surface area contributed by atoms with Gasteiger partial charge in [-0.1, -0.05) is 59.9 Å². The summed E-state index contributed by atoms with van der Waals surface area (Å²) in [6.07, 6.45) is 1.75. The van der Waals surface area contributed by atoms with E-state index in [2.05, 4.69) is 53.6 Å². The summed E-state index contributed by atoms with van der Waals surface area (Å²) in [5.41, 5.74) is 2.90. The van der Waals surface area contributed by atoms with E-state index in [1.165, 1.54) is 38.9 Å². The molecule has 2 heterocycles. The number of Topliss-reactive ketones (excluding diaryl/α,β-unsaturated/α-hetero) is 1. The molecule has 1 fully saturated rings. The van der Waals surface area contributed by atoms with E-state index < -0.39 is 10.0 Å². The molecule has 0 bridgehead atoms. The zero-order valence-electron chi connectivity index (χ0n) is 19.2. The van der Waals surface area contributed by atoms with Gasteiger partial charge in [-0.2, -0.15) is 4.31 Å². The average Bonchev–Trinajstić information content (AvgIpc) is 3.30. The number of benzene rings is 2. The molecule has 1 N–H and O–H groups in total. The molecular weight excluding hydrogens is 488 g/mol. The molecule has 2 aromatic carbocycles. The molecule has 0 spiro atoms. The highest BCUT2D eigenvalue weighted by atomic mass is 32.2. The summed E-state index contributed by atoms with van der Waals surface area (Å²) in [7, 11) is -3.52. The lowest BCUT2D eigenvalue weighted by molar-refractivity contribution is 0.101. The Morgan fingerprint density at radius 2 is 1.76 bits per heavy atom. The molecule has 0 atom stereocenters. The Balaban J connectivity index is 1.29. The normalized spacial score (nSPS) is 15.4. The zero-order chi connectivity index (χ0) is 24.1. The molecule has 180 valence electrons. The molecule has 0 aliphatic carbocycles. The molecule has 34 heavy (non-hydrogen) atoms. The maximum atomic E-state index is 12.9. The van der Waals surface area contributed by atoms with Gasteiger partial charge in [-0.15, -0.1) is 10.2 Å². The Labute approximate surface area is 209 Å². The van der Waals surface area contributed by atoms with Gasteiger partial charge in [-0.05, 0) is 55.5 Å². The highest BCUT2D eigenvalue weighted by molar-refractivity contribution is 8.00. The van der Waals surface area contributed by atoms with Gasteiger partial charge in [0.2, 0.25) is 15.2 Å². The van der Waals surface area contributed by atoms with Gasteiger partial charge in [-0.25, -0.2) is 8.42 Å². The molecule has 0 amide bonds. The summed E-state index contributed by atoms with van der Waals surface area (Å²) in [4.78, 5) is 12.8. The first kappa shape index (κ1) is 24.8. The number of thioether (sulfide) groups is 1. The molecule has 1 aliphatic heterocycles. The van der Waals surface area contributed by atoms with Crippen LogP contribution < -0.4 is 5.32 Å². The lowest BCUT2D eigenvalue weighted by Gasteiger charge is -2.29. The van der Waals surface area contributed by atoms with E-state index in [0.29, 0.717) is 29.7 Å². The topological polar surface area (TPSA) is 92.3 Å². The second kappa shape index (κ2) is 11.0. The van der Waals surface area contributed by atoms with Crippen molar-refractivity contribution < 1.29 is 13.2 Å². The van der Waals surface area contributed by atoms with Crippen LogP contribution in [0.25, 0.3) is 0 Å². The van der Waals surface area contributed by atoms with Gasteiger partial charge in [0.05, 0.1) is 11.4 Å². The number of sulfonamides is 1. The van der Waals surface area contributed by atoms with Crippen LogP contribution in [0, 0.1) is 12.8 Å². The molecule has 1 aliphatic rings. The molecule has 4 rings (SSSR count). The molecule has 1 saturated heterocycles. The molecule has 0 radical (unpaired) electrons. The number of nitrogens with zero attached hydrogens (tertiary/aromatic N) is 3. The highest BCUT2D eigenvalue weighted by Gasteiger charge is 2.28. The summed E-state index contributed by atoms with van der Waals surface area (Å²) in [6, 6.07) is 14.6. The second-order valence-corrected chi connectivity index (χ2v) is 12.7. The van der Waals surface area contributed by atoms with Crippen LogP contribution in [-0.2, 0) is 15.8 Å². The van der Waals surface area contributed by atoms with E-state index >= 15 is 0 Å². The third-order valence-corrected chi connectivity index (χ3v) is 9.84. The Hall–Kier alpha value is -2.27. The number of aryl methyl sites for hydroxylation is 1. The number of nitrogens with one attached hydrogen (secondary N) is 1. The number of ketones is 1. The maximum absolute atomic E-state index is 12.9. The second-order valence-electron chi connectivity index (χ2n) is 8.54. The number of carbonyl (C=O) groups is 1. The lowest BCUT2D eigenvalue weighted by atomic mass is 10.0. The van der Waals surface area contributed by atoms with Gasteiger partial charge in [-0.3, -0.25) is 4.79 Å². The third-order valence-electron chi connectivity index (χ3n) is 5.85. The van der Waals surface area contributed by atoms with E-state index in [4.69, 9.17) is 0 Å². The van der Waals surface area contributed by atoms with Crippen molar-refractivity contribution in [2.75, 3.05) is 25.0 Å². The SMILES string of the molecule is Cc1ccc(CSc2nnc(NCC(=O)c3ccc(S(=O)(=O)N4CCC(C)CC4)cc3)s2)cc1. The predicted molar refractivity (Wildman–Crippen MR) is 137 cm³/mol. The van der Waals surface area contributed by atoms with E-state index in [-0.39, 0.29) is 17.2 Å². The minimum absolute atomic E-state index is 0.0629. The van der Waals surface area contributed by atoms with E-state index in [9.17, 15) is 13.2 Å². The first-order valence-electron chi connectivity index (χ1n) is 11.2. The van der Waals surface area contributed by atoms with Gasteiger partial charge in [0.1, 0.15) is 0 Å². The number of hydrogen-bond donors (Lipinski definition) is 1. The number of anilines is 1. The molecule has 0 saturated carbocycles. The van der Waals surface area contributed by atoms with Crippen molar-refractivity contribution in [2.45, 2.75) is 41.7 Å². The summed E-state index contributed by atoms with van der Waals surface area (Å²) < 4.78 is 28.1. The van der Waals surface area contributed by atoms with E-state index in [0.717, 1.165) is 22.9 Å². The zero-order valence-corrected chi connectivity index (χ0v) is 21.7. The predicted octanol–water partition coefficient (Wildman–Crippen LogP) is 4.85. The molecule has 7 nitrogen and oxygen atoms in total. The van der Waals surface area contributed by atoms with Crippen molar-refractivity contribution in [3.63, 3.8) is 0 Å². The Bertz CT molecular complexity index is 1220. The summed E-state index contributed by atoms with van der Waals surface area (Å²) >= 11 is 3.01. The fraction of sp³-hybridized carbons (Fsp3) is 0.375. The Morgan fingerprint density at radius 3 is 2.44 bits per heavy atom. The minimum atomic E-state index is -3.52. The fourth-order valence-electron chi connectivity index (χ4n) is 3.61. The molecule has 3 aromatic rings. The van der Waals surface area contributed by atoms with Crippen LogP contribution >= 0.6 is 23.1 Å². The molecule has 10 heteroatoms. The summed E-state index contributed by atoms with van der Waals surface area (Å²) in [5.74, 6) is 1.22. The van der Waals surface area contributed by atoms with Crippen molar-refractivity contribution in [3.8, 4) is 0 Å². The van der Waals surface area contributed by atoms with E-state index in [1.807, 2.05) is 0 Å². The van der Waals surface area contributed by atoms with Crippen LogP contribution in [0.5, 0.6) is 0 Å².